The summed E-state index contributed by atoms with van der Waals surface area (Å²) in [7, 11) is 3.51. The molecule has 2 aromatic rings. The maximum absolute atomic E-state index is 12.4. The lowest BCUT2D eigenvalue weighted by Crippen LogP contribution is -2.41. The predicted octanol–water partition coefficient (Wildman–Crippen LogP) is 2.09. The van der Waals surface area contributed by atoms with Gasteiger partial charge >= 0.3 is 0 Å². The molecule has 6 heteroatoms. The van der Waals surface area contributed by atoms with Gasteiger partial charge in [0.2, 0.25) is 0 Å². The highest BCUT2D eigenvalue weighted by molar-refractivity contribution is 6.21. The molecule has 0 aliphatic carbocycles. The predicted molar refractivity (Wildman–Crippen MR) is 102 cm³/mol. The van der Waals surface area contributed by atoms with Gasteiger partial charge in [-0.2, -0.15) is 0 Å². The van der Waals surface area contributed by atoms with Crippen molar-refractivity contribution >= 4 is 11.8 Å². The summed E-state index contributed by atoms with van der Waals surface area (Å²) in [5.74, 6) is 0.0950. The third-order valence-corrected chi connectivity index (χ3v) is 4.67. The summed E-state index contributed by atoms with van der Waals surface area (Å²) in [6.07, 6.45) is -0.840. The minimum Gasteiger partial charge on any atom is -0.496 e. The van der Waals surface area contributed by atoms with Gasteiger partial charge in [0, 0.05) is 18.7 Å². The van der Waals surface area contributed by atoms with E-state index >= 15 is 0 Å². The van der Waals surface area contributed by atoms with Crippen LogP contribution in [0.2, 0.25) is 0 Å². The molecular weight excluding hydrogens is 344 g/mol. The number of carbonyl (C=O) groups excluding carboxylic acids is 2. The second-order valence-corrected chi connectivity index (χ2v) is 6.93. The number of ether oxygens (including phenoxy) is 1. The van der Waals surface area contributed by atoms with Crippen LogP contribution in [0.1, 0.15) is 31.8 Å². The second kappa shape index (κ2) is 7.90. The highest BCUT2D eigenvalue weighted by atomic mass is 16.5. The number of likely N-dealkylation sites (N-methyl/N-ethyl adjacent to an activating group) is 1. The minimum absolute atomic E-state index is 0.0262. The highest BCUT2D eigenvalue weighted by Crippen LogP contribution is 2.23. The van der Waals surface area contributed by atoms with Crippen LogP contribution in [0, 0.1) is 6.92 Å². The molecule has 142 valence electrons. The van der Waals surface area contributed by atoms with Crippen LogP contribution in [0.5, 0.6) is 5.75 Å². The van der Waals surface area contributed by atoms with Gasteiger partial charge in [0.1, 0.15) is 5.75 Å². The SMILES string of the molecule is COc1ccc(C)cc1CN(C)C[C@@H](O)CN1C(=O)c2ccccc2C1=O. The number of benzene rings is 2. The van der Waals surface area contributed by atoms with E-state index in [-0.39, 0.29) is 18.4 Å². The molecule has 6 nitrogen and oxygen atoms in total. The molecule has 3 rings (SSSR count). The highest BCUT2D eigenvalue weighted by Gasteiger charge is 2.36. The fourth-order valence-corrected chi connectivity index (χ4v) is 3.42. The maximum Gasteiger partial charge on any atom is 0.261 e. The monoisotopic (exact) mass is 368 g/mol. The second-order valence-electron chi connectivity index (χ2n) is 6.93. The molecule has 0 spiro atoms. The Hall–Kier alpha value is -2.70. The molecule has 0 aromatic heterocycles. The number of hydrogen-bond acceptors (Lipinski definition) is 5. The van der Waals surface area contributed by atoms with Crippen LogP contribution in [-0.2, 0) is 6.54 Å². The van der Waals surface area contributed by atoms with E-state index in [1.165, 1.54) is 0 Å². The van der Waals surface area contributed by atoms with E-state index in [1.54, 1.807) is 31.4 Å². The number of nitrogens with zero attached hydrogens (tertiary/aromatic N) is 2. The number of amides is 2. The number of rotatable bonds is 7. The Morgan fingerprint density at radius 2 is 1.74 bits per heavy atom. The largest absolute Gasteiger partial charge is 0.496 e. The third-order valence-electron chi connectivity index (χ3n) is 4.67. The van der Waals surface area contributed by atoms with E-state index in [9.17, 15) is 14.7 Å². The number of carbonyl (C=O) groups is 2. The van der Waals surface area contributed by atoms with Gasteiger partial charge in [-0.25, -0.2) is 0 Å². The number of aryl methyl sites for hydroxylation is 1. The van der Waals surface area contributed by atoms with Crippen LogP contribution in [-0.4, -0.2) is 60.1 Å². The molecular formula is C21H24N2O4. The smallest absolute Gasteiger partial charge is 0.261 e. The van der Waals surface area contributed by atoms with E-state index in [1.807, 2.05) is 37.1 Å². The Morgan fingerprint density at radius 3 is 2.33 bits per heavy atom. The molecule has 0 radical (unpaired) electrons. The van der Waals surface area contributed by atoms with Crippen molar-refractivity contribution in [1.29, 1.82) is 0 Å². The van der Waals surface area contributed by atoms with Crippen LogP contribution >= 0.6 is 0 Å². The maximum atomic E-state index is 12.4. The number of fused-ring (bicyclic) bond motifs is 1. The summed E-state index contributed by atoms with van der Waals surface area (Å²) < 4.78 is 5.39. The zero-order valence-corrected chi connectivity index (χ0v) is 15.8. The van der Waals surface area contributed by atoms with Crippen LogP contribution in [0.25, 0.3) is 0 Å². The molecule has 1 aliphatic rings. The quantitative estimate of drug-likeness (QED) is 0.758. The van der Waals surface area contributed by atoms with Crippen molar-refractivity contribution in [2.24, 2.45) is 0 Å². The standard InChI is InChI=1S/C21H24N2O4/c1-14-8-9-19(27-3)15(10-14)11-22(2)12-16(24)13-23-20(25)17-6-4-5-7-18(17)21(23)26/h4-10,16,24H,11-13H2,1-3H3/t16-/m1/s1. The van der Waals surface area contributed by atoms with E-state index < -0.39 is 6.10 Å². The van der Waals surface area contributed by atoms with E-state index in [4.69, 9.17) is 4.74 Å². The Balaban J connectivity index is 1.62. The lowest BCUT2D eigenvalue weighted by molar-refractivity contribution is 0.0488. The molecule has 0 saturated carbocycles. The molecule has 1 atom stereocenters. The normalized spacial score (nSPS) is 14.6. The van der Waals surface area contributed by atoms with Crippen LogP contribution in [0.3, 0.4) is 0 Å². The van der Waals surface area contributed by atoms with Gasteiger partial charge < -0.3 is 9.84 Å². The molecule has 1 N–H and O–H groups in total. The first-order valence-electron chi connectivity index (χ1n) is 8.86. The first-order chi connectivity index (χ1) is 12.9. The number of methoxy groups -OCH3 is 1. The van der Waals surface area contributed by atoms with Crippen molar-refractivity contribution in [3.63, 3.8) is 0 Å². The number of imide groups is 1. The van der Waals surface area contributed by atoms with Crippen molar-refractivity contribution in [2.45, 2.75) is 19.6 Å². The summed E-state index contributed by atoms with van der Waals surface area (Å²) in [6.45, 7) is 2.90. The number of aliphatic hydroxyl groups is 1. The zero-order chi connectivity index (χ0) is 19.6. The summed E-state index contributed by atoms with van der Waals surface area (Å²) >= 11 is 0. The molecule has 0 unspecified atom stereocenters. The Bertz CT molecular complexity index is 830. The van der Waals surface area contributed by atoms with Crippen molar-refractivity contribution < 1.29 is 19.4 Å². The van der Waals surface area contributed by atoms with Crippen LogP contribution < -0.4 is 4.74 Å². The molecule has 0 saturated heterocycles. The average molecular weight is 368 g/mol. The van der Waals surface area contributed by atoms with E-state index in [2.05, 4.69) is 0 Å². The van der Waals surface area contributed by atoms with Gasteiger partial charge in [0.25, 0.3) is 11.8 Å². The first-order valence-corrected chi connectivity index (χ1v) is 8.86. The summed E-state index contributed by atoms with van der Waals surface area (Å²) in [4.78, 5) is 27.9. The summed E-state index contributed by atoms with van der Waals surface area (Å²) in [6, 6.07) is 12.7. The van der Waals surface area contributed by atoms with Gasteiger partial charge in [-0.1, -0.05) is 29.8 Å². The Morgan fingerprint density at radius 1 is 1.11 bits per heavy atom. The van der Waals surface area contributed by atoms with Gasteiger partial charge in [-0.05, 0) is 32.2 Å². The number of β-amino-alcohol motifs (C(OH)–C–C–N with tert-alkyl or cyclic N) is 1. The first kappa shape index (κ1) is 19.1. The van der Waals surface area contributed by atoms with Gasteiger partial charge in [-0.15, -0.1) is 0 Å². The molecule has 2 aromatic carbocycles. The topological polar surface area (TPSA) is 70.1 Å². The van der Waals surface area contributed by atoms with Crippen molar-refractivity contribution in [3.05, 3.63) is 64.7 Å². The fourth-order valence-electron chi connectivity index (χ4n) is 3.42. The Kier molecular flexibility index (Phi) is 5.58. The molecule has 27 heavy (non-hydrogen) atoms. The third kappa shape index (κ3) is 4.02. The lowest BCUT2D eigenvalue weighted by Gasteiger charge is -2.24. The number of hydrogen-bond donors (Lipinski definition) is 1. The average Bonchev–Trinajstić information content (AvgIpc) is 2.87. The van der Waals surface area contributed by atoms with Crippen molar-refractivity contribution in [2.75, 3.05) is 27.2 Å². The Labute approximate surface area is 159 Å². The molecule has 0 bridgehead atoms. The molecule has 1 aliphatic heterocycles. The molecule has 0 fully saturated rings. The van der Waals surface area contributed by atoms with Crippen molar-refractivity contribution in [3.8, 4) is 5.75 Å². The fraction of sp³-hybridized carbons (Fsp3) is 0.333. The molecule has 2 amide bonds. The van der Waals surface area contributed by atoms with Crippen molar-refractivity contribution in [1.82, 2.24) is 9.80 Å². The van der Waals surface area contributed by atoms with E-state index in [0.717, 1.165) is 21.8 Å². The van der Waals surface area contributed by atoms with Gasteiger partial charge in [0.15, 0.2) is 0 Å². The summed E-state index contributed by atoms with van der Waals surface area (Å²) in [5.41, 5.74) is 2.94. The zero-order valence-electron chi connectivity index (χ0n) is 15.8. The molecule has 1 heterocycles. The van der Waals surface area contributed by atoms with Crippen LogP contribution in [0.4, 0.5) is 0 Å². The van der Waals surface area contributed by atoms with Crippen LogP contribution in [0.15, 0.2) is 42.5 Å². The van der Waals surface area contributed by atoms with E-state index in [0.29, 0.717) is 24.2 Å². The minimum atomic E-state index is -0.840. The van der Waals surface area contributed by atoms with Gasteiger partial charge in [0.05, 0.1) is 30.9 Å². The van der Waals surface area contributed by atoms with Gasteiger partial charge in [-0.3, -0.25) is 19.4 Å². The lowest BCUT2D eigenvalue weighted by atomic mass is 10.1. The number of aliphatic hydroxyl groups excluding tert-OH is 1. The summed E-state index contributed by atoms with van der Waals surface area (Å²) in [5, 5.41) is 10.4.